The van der Waals surface area contributed by atoms with Crippen LogP contribution in [0.25, 0.3) is 22.6 Å². The van der Waals surface area contributed by atoms with E-state index in [9.17, 15) is 4.79 Å². The van der Waals surface area contributed by atoms with Crippen molar-refractivity contribution in [2.75, 3.05) is 18.0 Å². The highest BCUT2D eigenvalue weighted by molar-refractivity contribution is 6.31. The molecular weight excluding hydrogens is 382 g/mol. The van der Waals surface area contributed by atoms with Gasteiger partial charge in [-0.25, -0.2) is 4.98 Å². The second-order valence-electron chi connectivity index (χ2n) is 7.55. The third-order valence-corrected chi connectivity index (χ3v) is 5.63. The minimum absolute atomic E-state index is 0.0129. The highest BCUT2D eigenvalue weighted by atomic mass is 35.5. The lowest BCUT2D eigenvalue weighted by Crippen LogP contribution is -2.24. The van der Waals surface area contributed by atoms with Gasteiger partial charge in [0.1, 0.15) is 5.82 Å². The molecule has 0 atom stereocenters. The van der Waals surface area contributed by atoms with Crippen LogP contribution in [0.5, 0.6) is 0 Å². The molecule has 5 heteroatoms. The molecule has 0 saturated heterocycles. The molecule has 0 spiro atoms. The Morgan fingerprint density at radius 3 is 2.52 bits per heavy atom. The molecule has 4 nitrogen and oxygen atoms in total. The molecule has 29 heavy (non-hydrogen) atoms. The summed E-state index contributed by atoms with van der Waals surface area (Å²) in [5, 5.41) is 1.14. The van der Waals surface area contributed by atoms with E-state index in [4.69, 9.17) is 16.6 Å². The Bertz CT molecular complexity index is 1110. The maximum atomic E-state index is 12.8. The van der Waals surface area contributed by atoms with Crippen molar-refractivity contribution < 1.29 is 0 Å². The molecule has 0 fully saturated rings. The molecule has 0 amide bonds. The van der Waals surface area contributed by atoms with Gasteiger partial charge in [-0.1, -0.05) is 37.6 Å². The quantitative estimate of drug-likeness (QED) is 0.532. The predicted octanol–water partition coefficient (Wildman–Crippen LogP) is 5.62. The van der Waals surface area contributed by atoms with Crippen molar-refractivity contribution >= 4 is 39.8 Å². The van der Waals surface area contributed by atoms with Crippen LogP contribution < -0.4 is 10.5 Å². The highest BCUT2D eigenvalue weighted by Crippen LogP contribution is 2.28. The first-order valence-electron chi connectivity index (χ1n) is 10.4. The summed E-state index contributed by atoms with van der Waals surface area (Å²) in [6.45, 7) is 7.24. The van der Waals surface area contributed by atoms with E-state index in [-0.39, 0.29) is 5.56 Å². The zero-order valence-electron chi connectivity index (χ0n) is 17.0. The summed E-state index contributed by atoms with van der Waals surface area (Å²) in [6.07, 6.45) is 5.25. The number of nitrogens with zero attached hydrogens (tertiary/aromatic N) is 3. The standard InChI is InChI=1S/C24H26ClN3O/c1-3-12-27(13-4-2)20-8-5-17(6-9-20)15-18-11-14-28-23(18)26-22-10-7-19(25)16-21(22)24(28)29/h5-10,15-16H,3-4,11-14H2,1-2H3/b18-15+. The molecule has 1 aliphatic rings. The summed E-state index contributed by atoms with van der Waals surface area (Å²) >= 11 is 6.06. The van der Waals surface area contributed by atoms with Crippen LogP contribution in [0.3, 0.4) is 0 Å². The van der Waals surface area contributed by atoms with Crippen LogP contribution in [0.4, 0.5) is 5.69 Å². The number of rotatable bonds is 6. The molecule has 1 aromatic heterocycles. The lowest BCUT2D eigenvalue weighted by Gasteiger charge is -2.23. The molecule has 0 radical (unpaired) electrons. The molecule has 3 aromatic rings. The minimum atomic E-state index is -0.0129. The average Bonchev–Trinajstić information content (AvgIpc) is 3.12. The van der Waals surface area contributed by atoms with E-state index in [0.717, 1.165) is 49.3 Å². The number of fused-ring (bicyclic) bond motifs is 2. The van der Waals surface area contributed by atoms with Crippen molar-refractivity contribution in [1.29, 1.82) is 0 Å². The SMILES string of the molecule is CCCN(CCC)c1ccc(/C=C2\CCn3c2nc2ccc(Cl)cc2c3=O)cc1. The Balaban J connectivity index is 1.67. The minimum Gasteiger partial charge on any atom is -0.372 e. The maximum absolute atomic E-state index is 12.8. The molecule has 2 aromatic carbocycles. The first kappa shape index (κ1) is 19.7. The van der Waals surface area contributed by atoms with Crippen molar-refractivity contribution in [2.45, 2.75) is 39.7 Å². The fourth-order valence-corrected chi connectivity index (χ4v) is 4.19. The third kappa shape index (κ3) is 3.95. The average molecular weight is 408 g/mol. The van der Waals surface area contributed by atoms with Crippen molar-refractivity contribution in [3.63, 3.8) is 0 Å². The Hall–Kier alpha value is -2.59. The number of benzene rings is 2. The van der Waals surface area contributed by atoms with Gasteiger partial charge in [0.15, 0.2) is 0 Å². The Morgan fingerprint density at radius 2 is 1.83 bits per heavy atom. The van der Waals surface area contributed by atoms with Crippen molar-refractivity contribution in [1.82, 2.24) is 9.55 Å². The molecule has 0 bridgehead atoms. The van der Waals surface area contributed by atoms with Gasteiger partial charge in [-0.05, 0) is 66.8 Å². The Morgan fingerprint density at radius 1 is 1.10 bits per heavy atom. The van der Waals surface area contributed by atoms with Crippen LogP contribution in [-0.2, 0) is 6.54 Å². The summed E-state index contributed by atoms with van der Waals surface area (Å²) in [7, 11) is 0. The van der Waals surface area contributed by atoms with Gasteiger partial charge in [0.05, 0.1) is 10.9 Å². The van der Waals surface area contributed by atoms with E-state index < -0.39 is 0 Å². The van der Waals surface area contributed by atoms with Gasteiger partial charge in [-0.15, -0.1) is 0 Å². The summed E-state index contributed by atoms with van der Waals surface area (Å²) < 4.78 is 1.77. The summed E-state index contributed by atoms with van der Waals surface area (Å²) in [4.78, 5) is 20.0. The number of anilines is 1. The smallest absolute Gasteiger partial charge is 0.261 e. The number of hydrogen-bond acceptors (Lipinski definition) is 3. The van der Waals surface area contributed by atoms with Crippen LogP contribution in [0.2, 0.25) is 5.02 Å². The summed E-state index contributed by atoms with van der Waals surface area (Å²) in [6, 6.07) is 14.0. The number of aromatic nitrogens is 2. The number of halogens is 1. The van der Waals surface area contributed by atoms with Crippen molar-refractivity contribution in [3.05, 3.63) is 69.2 Å². The van der Waals surface area contributed by atoms with E-state index in [1.165, 1.54) is 5.69 Å². The Labute approximate surface area is 176 Å². The summed E-state index contributed by atoms with van der Waals surface area (Å²) in [5.41, 5.74) is 4.19. The topological polar surface area (TPSA) is 38.1 Å². The third-order valence-electron chi connectivity index (χ3n) is 5.39. The fourth-order valence-electron chi connectivity index (χ4n) is 4.02. The van der Waals surface area contributed by atoms with Crippen molar-refractivity contribution in [2.24, 2.45) is 0 Å². The normalized spacial score (nSPS) is 14.5. The molecule has 0 saturated carbocycles. The van der Waals surface area contributed by atoms with Gasteiger partial charge in [-0.2, -0.15) is 0 Å². The molecule has 0 unspecified atom stereocenters. The van der Waals surface area contributed by atoms with E-state index in [1.807, 2.05) is 6.07 Å². The second-order valence-corrected chi connectivity index (χ2v) is 7.99. The summed E-state index contributed by atoms with van der Waals surface area (Å²) in [5.74, 6) is 0.771. The first-order chi connectivity index (χ1) is 14.1. The lowest BCUT2D eigenvalue weighted by molar-refractivity contribution is 0.725. The Kier molecular flexibility index (Phi) is 5.72. The van der Waals surface area contributed by atoms with Gasteiger partial charge in [0.2, 0.25) is 0 Å². The van der Waals surface area contributed by atoms with E-state index in [1.54, 1.807) is 16.7 Å². The van der Waals surface area contributed by atoms with Crippen LogP contribution in [0.15, 0.2) is 47.3 Å². The largest absolute Gasteiger partial charge is 0.372 e. The molecule has 1 aliphatic heterocycles. The van der Waals surface area contributed by atoms with Gasteiger partial charge >= 0.3 is 0 Å². The van der Waals surface area contributed by atoms with E-state index >= 15 is 0 Å². The lowest BCUT2D eigenvalue weighted by atomic mass is 10.1. The van der Waals surface area contributed by atoms with Crippen molar-refractivity contribution in [3.8, 4) is 0 Å². The van der Waals surface area contributed by atoms with Crippen LogP contribution in [0, 0.1) is 0 Å². The molecular formula is C24H26ClN3O. The van der Waals surface area contributed by atoms with Crippen LogP contribution >= 0.6 is 11.6 Å². The van der Waals surface area contributed by atoms with Crippen LogP contribution in [0.1, 0.15) is 44.5 Å². The van der Waals surface area contributed by atoms with Gasteiger partial charge < -0.3 is 4.90 Å². The highest BCUT2D eigenvalue weighted by Gasteiger charge is 2.21. The first-order valence-corrected chi connectivity index (χ1v) is 10.7. The van der Waals surface area contributed by atoms with Gasteiger partial charge in [-0.3, -0.25) is 9.36 Å². The zero-order chi connectivity index (χ0) is 20.4. The number of hydrogen-bond donors (Lipinski definition) is 0. The maximum Gasteiger partial charge on any atom is 0.261 e. The van der Waals surface area contributed by atoms with Gasteiger partial charge in [0, 0.05) is 30.3 Å². The monoisotopic (exact) mass is 407 g/mol. The van der Waals surface area contributed by atoms with Crippen LogP contribution in [-0.4, -0.2) is 22.6 Å². The fraction of sp³-hybridized carbons (Fsp3) is 0.333. The molecule has 2 heterocycles. The zero-order valence-corrected chi connectivity index (χ0v) is 17.7. The van der Waals surface area contributed by atoms with E-state index in [2.05, 4.69) is 49.1 Å². The molecule has 150 valence electrons. The van der Waals surface area contributed by atoms with Gasteiger partial charge in [0.25, 0.3) is 5.56 Å². The molecule has 0 aliphatic carbocycles. The molecule has 0 N–H and O–H groups in total. The number of allylic oxidation sites excluding steroid dienone is 1. The molecule has 4 rings (SSSR count). The van der Waals surface area contributed by atoms with E-state index in [0.29, 0.717) is 22.5 Å². The predicted molar refractivity (Wildman–Crippen MR) is 123 cm³/mol. The second kappa shape index (κ2) is 8.42.